The van der Waals surface area contributed by atoms with Crippen LogP contribution in [-0.4, -0.2) is 60.5 Å². The van der Waals surface area contributed by atoms with E-state index >= 15 is 0 Å². The molecule has 4 nitrogen and oxygen atoms in total. The molecule has 2 aliphatic heterocycles. The summed E-state index contributed by atoms with van der Waals surface area (Å²) in [6.07, 6.45) is 5.17. The fourth-order valence-electron chi connectivity index (χ4n) is 3.01. The summed E-state index contributed by atoms with van der Waals surface area (Å²) in [5, 5.41) is 3.11. The number of piperidine rings is 1. The zero-order valence-corrected chi connectivity index (χ0v) is 12.0. The lowest BCUT2D eigenvalue weighted by Gasteiger charge is -2.33. The molecule has 0 saturated carbocycles. The molecule has 2 aliphatic rings. The van der Waals surface area contributed by atoms with E-state index in [1.54, 1.807) is 0 Å². The lowest BCUT2D eigenvalue weighted by atomic mass is 10.0. The molecule has 4 heteroatoms. The van der Waals surface area contributed by atoms with Gasteiger partial charge in [0.1, 0.15) is 0 Å². The van der Waals surface area contributed by atoms with E-state index in [-0.39, 0.29) is 5.91 Å². The first kappa shape index (κ1) is 13.8. The first-order chi connectivity index (χ1) is 8.54. The van der Waals surface area contributed by atoms with Gasteiger partial charge in [-0.3, -0.25) is 9.69 Å². The van der Waals surface area contributed by atoms with Crippen LogP contribution < -0.4 is 5.32 Å². The standard InChI is InChI=1S/C14H27N3O/c1-14(2,15-3)13(18)17-10-7-12(11-17)16-8-5-4-6-9-16/h12,15H,4-11H2,1-3H3. The van der Waals surface area contributed by atoms with Crippen LogP contribution in [0.4, 0.5) is 0 Å². The maximum Gasteiger partial charge on any atom is 0.242 e. The molecule has 0 aromatic rings. The summed E-state index contributed by atoms with van der Waals surface area (Å²) in [5.74, 6) is 0.240. The predicted octanol–water partition coefficient (Wildman–Crippen LogP) is 1.07. The van der Waals surface area contributed by atoms with Gasteiger partial charge in [0.25, 0.3) is 0 Å². The zero-order valence-electron chi connectivity index (χ0n) is 12.0. The van der Waals surface area contributed by atoms with Crippen LogP contribution in [0.2, 0.25) is 0 Å². The molecule has 0 bridgehead atoms. The van der Waals surface area contributed by atoms with Gasteiger partial charge in [-0.1, -0.05) is 6.42 Å². The van der Waals surface area contributed by atoms with E-state index < -0.39 is 5.54 Å². The van der Waals surface area contributed by atoms with Crippen LogP contribution in [0.5, 0.6) is 0 Å². The molecule has 1 amide bonds. The largest absolute Gasteiger partial charge is 0.339 e. The van der Waals surface area contributed by atoms with Crippen molar-refractivity contribution in [2.45, 2.75) is 51.1 Å². The normalized spacial score (nSPS) is 26.6. The maximum atomic E-state index is 12.4. The number of nitrogens with zero attached hydrogens (tertiary/aromatic N) is 2. The van der Waals surface area contributed by atoms with Crippen molar-refractivity contribution in [3.63, 3.8) is 0 Å². The summed E-state index contributed by atoms with van der Waals surface area (Å²) >= 11 is 0. The number of carbonyl (C=O) groups excluding carboxylic acids is 1. The zero-order chi connectivity index (χ0) is 13.2. The molecule has 1 N–H and O–H groups in total. The number of hydrogen-bond acceptors (Lipinski definition) is 3. The van der Waals surface area contributed by atoms with Gasteiger partial charge in [-0.25, -0.2) is 0 Å². The number of amides is 1. The van der Waals surface area contributed by atoms with Gasteiger partial charge in [0.15, 0.2) is 0 Å². The van der Waals surface area contributed by atoms with Crippen molar-refractivity contribution in [2.75, 3.05) is 33.2 Å². The molecule has 2 rings (SSSR count). The minimum Gasteiger partial charge on any atom is -0.339 e. The number of likely N-dealkylation sites (N-methyl/N-ethyl adjacent to an activating group) is 1. The Morgan fingerprint density at radius 2 is 1.83 bits per heavy atom. The average molecular weight is 253 g/mol. The molecule has 0 aliphatic carbocycles. The monoisotopic (exact) mass is 253 g/mol. The SMILES string of the molecule is CNC(C)(C)C(=O)N1CCC(N2CCCCC2)C1. The molecule has 104 valence electrons. The highest BCUT2D eigenvalue weighted by Gasteiger charge is 2.36. The van der Waals surface area contributed by atoms with Crippen molar-refractivity contribution in [3.8, 4) is 0 Å². The van der Waals surface area contributed by atoms with E-state index in [0.717, 1.165) is 19.5 Å². The third kappa shape index (κ3) is 2.86. The van der Waals surface area contributed by atoms with Gasteiger partial charge < -0.3 is 10.2 Å². The summed E-state index contributed by atoms with van der Waals surface area (Å²) in [6, 6.07) is 0.599. The molecule has 0 aromatic carbocycles. The van der Waals surface area contributed by atoms with Gasteiger partial charge in [-0.15, -0.1) is 0 Å². The summed E-state index contributed by atoms with van der Waals surface area (Å²) in [4.78, 5) is 17.0. The van der Waals surface area contributed by atoms with Crippen LogP contribution in [0.15, 0.2) is 0 Å². The number of rotatable bonds is 3. The predicted molar refractivity (Wildman–Crippen MR) is 73.5 cm³/mol. The van der Waals surface area contributed by atoms with Gasteiger partial charge in [0.2, 0.25) is 5.91 Å². The Morgan fingerprint density at radius 1 is 1.17 bits per heavy atom. The van der Waals surface area contributed by atoms with Crippen LogP contribution in [0.25, 0.3) is 0 Å². The Labute approximate surface area is 111 Å². The van der Waals surface area contributed by atoms with Gasteiger partial charge in [-0.2, -0.15) is 0 Å². The third-order valence-electron chi connectivity index (χ3n) is 4.52. The van der Waals surface area contributed by atoms with Crippen molar-refractivity contribution < 1.29 is 4.79 Å². The molecule has 0 aromatic heterocycles. The second kappa shape index (κ2) is 5.57. The van der Waals surface area contributed by atoms with Gasteiger partial charge >= 0.3 is 0 Å². The van der Waals surface area contributed by atoms with Crippen molar-refractivity contribution in [1.82, 2.24) is 15.1 Å². The van der Waals surface area contributed by atoms with Gasteiger partial charge in [-0.05, 0) is 53.2 Å². The third-order valence-corrected chi connectivity index (χ3v) is 4.52. The second-order valence-corrected chi connectivity index (χ2v) is 6.17. The van der Waals surface area contributed by atoms with Crippen molar-refractivity contribution >= 4 is 5.91 Å². The highest BCUT2D eigenvalue weighted by molar-refractivity contribution is 5.85. The maximum absolute atomic E-state index is 12.4. The topological polar surface area (TPSA) is 35.6 Å². The lowest BCUT2D eigenvalue weighted by Crippen LogP contribution is -2.53. The summed E-state index contributed by atoms with van der Waals surface area (Å²) in [6.45, 7) is 8.21. The smallest absolute Gasteiger partial charge is 0.242 e. The average Bonchev–Trinajstić information content (AvgIpc) is 2.88. The van der Waals surface area contributed by atoms with E-state index in [2.05, 4.69) is 10.2 Å². The van der Waals surface area contributed by atoms with Gasteiger partial charge in [0.05, 0.1) is 5.54 Å². The van der Waals surface area contributed by atoms with Gasteiger partial charge in [0, 0.05) is 19.1 Å². The highest BCUT2D eigenvalue weighted by Crippen LogP contribution is 2.22. The van der Waals surface area contributed by atoms with E-state index in [1.807, 2.05) is 25.8 Å². The van der Waals surface area contributed by atoms with E-state index in [9.17, 15) is 4.79 Å². The molecule has 1 unspecified atom stereocenters. The van der Waals surface area contributed by atoms with E-state index in [0.29, 0.717) is 6.04 Å². The lowest BCUT2D eigenvalue weighted by molar-refractivity contribution is -0.136. The number of carbonyl (C=O) groups is 1. The van der Waals surface area contributed by atoms with Crippen molar-refractivity contribution in [1.29, 1.82) is 0 Å². The molecular weight excluding hydrogens is 226 g/mol. The number of nitrogens with one attached hydrogen (secondary N) is 1. The van der Waals surface area contributed by atoms with Crippen LogP contribution in [0.3, 0.4) is 0 Å². The Morgan fingerprint density at radius 3 is 2.44 bits per heavy atom. The molecule has 18 heavy (non-hydrogen) atoms. The molecule has 2 heterocycles. The molecule has 0 radical (unpaired) electrons. The van der Waals surface area contributed by atoms with E-state index in [4.69, 9.17) is 0 Å². The van der Waals surface area contributed by atoms with Crippen LogP contribution in [0.1, 0.15) is 39.5 Å². The number of hydrogen-bond donors (Lipinski definition) is 1. The quantitative estimate of drug-likeness (QED) is 0.817. The van der Waals surface area contributed by atoms with Crippen LogP contribution in [-0.2, 0) is 4.79 Å². The van der Waals surface area contributed by atoms with Crippen molar-refractivity contribution in [2.24, 2.45) is 0 Å². The van der Waals surface area contributed by atoms with Crippen LogP contribution >= 0.6 is 0 Å². The first-order valence-electron chi connectivity index (χ1n) is 7.27. The first-order valence-corrected chi connectivity index (χ1v) is 7.27. The Kier molecular flexibility index (Phi) is 4.28. The Bertz CT molecular complexity index is 297. The Hall–Kier alpha value is -0.610. The minimum atomic E-state index is -0.434. The number of likely N-dealkylation sites (tertiary alicyclic amines) is 2. The minimum absolute atomic E-state index is 0.240. The molecule has 0 spiro atoms. The van der Waals surface area contributed by atoms with Crippen LogP contribution in [0, 0.1) is 0 Å². The summed E-state index contributed by atoms with van der Waals surface area (Å²) in [7, 11) is 1.86. The fraction of sp³-hybridized carbons (Fsp3) is 0.929. The fourth-order valence-corrected chi connectivity index (χ4v) is 3.01. The Balaban J connectivity index is 1.89. The summed E-state index contributed by atoms with van der Waals surface area (Å²) in [5.41, 5.74) is -0.434. The summed E-state index contributed by atoms with van der Waals surface area (Å²) < 4.78 is 0. The highest BCUT2D eigenvalue weighted by atomic mass is 16.2. The molecular formula is C14H27N3O. The van der Waals surface area contributed by atoms with Crippen molar-refractivity contribution in [3.05, 3.63) is 0 Å². The molecule has 2 saturated heterocycles. The molecule has 2 fully saturated rings. The second-order valence-electron chi connectivity index (χ2n) is 6.17. The molecule has 1 atom stereocenters. The van der Waals surface area contributed by atoms with E-state index in [1.165, 1.54) is 32.4 Å².